The molecular weight excluding hydrogens is 965 g/mol. The van der Waals surface area contributed by atoms with Crippen LogP contribution in [0.2, 0.25) is 0 Å². The molecule has 0 aromatic heterocycles. The van der Waals surface area contributed by atoms with Crippen LogP contribution in [0.15, 0.2) is 113 Å². The van der Waals surface area contributed by atoms with E-state index in [4.69, 9.17) is 37.9 Å². The van der Waals surface area contributed by atoms with E-state index in [1.807, 2.05) is 12.2 Å². The molecule has 6 unspecified atom stereocenters. The van der Waals surface area contributed by atoms with Crippen LogP contribution in [0.3, 0.4) is 0 Å². The molecule has 6 aliphatic carbocycles. The van der Waals surface area contributed by atoms with Gasteiger partial charge in [0.25, 0.3) is 0 Å². The van der Waals surface area contributed by atoms with E-state index in [1.54, 1.807) is 0 Å². The summed E-state index contributed by atoms with van der Waals surface area (Å²) in [6, 6.07) is 17.1. The molecule has 2 bridgehead atoms. The summed E-state index contributed by atoms with van der Waals surface area (Å²) in [7, 11) is 0. The second-order valence-corrected chi connectivity index (χ2v) is 23.1. The summed E-state index contributed by atoms with van der Waals surface area (Å²) in [5.41, 5.74) is 4.84. The monoisotopic (exact) mass is 1060 g/mol. The predicted octanol–water partition coefficient (Wildman–Crippen LogP) is 15.3. The normalized spacial score (nSPS) is 27.8. The highest BCUT2D eigenvalue weighted by Gasteiger charge is 2.55. The van der Waals surface area contributed by atoms with Gasteiger partial charge < -0.3 is 37.9 Å². The molecule has 424 valence electrons. The van der Waals surface area contributed by atoms with Crippen molar-refractivity contribution in [2.45, 2.75) is 135 Å². The lowest BCUT2D eigenvalue weighted by Crippen LogP contribution is -2.27. The number of carbonyl (C=O) groups is 2. The standard InChI is InChI=1S/C30H36O2.C25H40O6.C12H20O2/c1-3-21-5-9-23(10-6-21)17-31-19-25-13-28-26-15-27(29(16-26)30(28)14-25)20-32-18-24-11-7-22(4-2)8-12-24;1-3-28-16-20-8-12-22(13-9-20)18-30-24(26)6-5-7-25(27)31-19-23-14-10-21(11-15-23)17-29-4-2;1-3-13-9-11-5-7-12(8-6-11)10-14-4-2/h3-12,25-30H,1-2,13-20H2;3-4,20-23H,1-2,5-19H2;3-4,11-12H,1-2,5-10H2. The van der Waals surface area contributed by atoms with E-state index in [1.165, 1.54) is 93.1 Å². The third-order valence-corrected chi connectivity index (χ3v) is 17.8. The first-order chi connectivity index (χ1) is 37.7. The zero-order valence-corrected chi connectivity index (χ0v) is 46.8. The molecule has 6 aliphatic rings. The average Bonchev–Trinajstić information content (AvgIpc) is 4.20. The number of hydrogen-bond donors (Lipinski definition) is 0. The van der Waals surface area contributed by atoms with Crippen LogP contribution in [0.1, 0.15) is 144 Å². The summed E-state index contributed by atoms with van der Waals surface area (Å²) in [5, 5.41) is 0. The van der Waals surface area contributed by atoms with Gasteiger partial charge in [0, 0.05) is 19.4 Å². The van der Waals surface area contributed by atoms with E-state index in [0.717, 1.165) is 145 Å². The lowest BCUT2D eigenvalue weighted by molar-refractivity contribution is -0.147. The number of carbonyl (C=O) groups excluding carboxylic acids is 2. The SMILES string of the molecule is C=COCC1CCC(COC(=O)CCCC(=O)OCC2CCC(COC=C)CC2)CC1.C=COCC1CCC(COC=C)CC1.C=Cc1ccc(COCC2CC3C4CC(COCc5ccc(C=C)cc5)C(C4)C3C2)cc1. The van der Waals surface area contributed by atoms with Gasteiger partial charge in [-0.25, -0.2) is 0 Å². The topological polar surface area (TPSA) is 108 Å². The van der Waals surface area contributed by atoms with E-state index in [-0.39, 0.29) is 24.8 Å². The van der Waals surface area contributed by atoms with Gasteiger partial charge in [-0.15, -0.1) is 0 Å². The zero-order chi connectivity index (χ0) is 54.5. The minimum Gasteiger partial charge on any atom is -0.502 e. The Morgan fingerprint density at radius 3 is 1.14 bits per heavy atom. The molecule has 0 N–H and O–H groups in total. The molecule has 2 aromatic carbocycles. The quantitative estimate of drug-likeness (QED) is 0.0554. The summed E-state index contributed by atoms with van der Waals surface area (Å²) in [4.78, 5) is 23.9. The van der Waals surface area contributed by atoms with Gasteiger partial charge >= 0.3 is 11.9 Å². The van der Waals surface area contributed by atoms with E-state index in [2.05, 4.69) is 88.0 Å². The summed E-state index contributed by atoms with van der Waals surface area (Å²) >= 11 is 0. The van der Waals surface area contributed by atoms with E-state index < -0.39 is 0 Å². The maximum Gasteiger partial charge on any atom is 0.305 e. The molecule has 8 rings (SSSR count). The van der Waals surface area contributed by atoms with E-state index >= 15 is 0 Å². The van der Waals surface area contributed by atoms with Crippen molar-refractivity contribution in [3.05, 3.63) is 135 Å². The fourth-order valence-electron chi connectivity index (χ4n) is 13.3. The molecule has 2 aromatic rings. The van der Waals surface area contributed by atoms with Crippen LogP contribution in [0, 0.1) is 71.0 Å². The van der Waals surface area contributed by atoms with Gasteiger partial charge in [0.15, 0.2) is 0 Å². The second kappa shape index (κ2) is 34.7. The molecule has 0 amide bonds. The van der Waals surface area contributed by atoms with Crippen LogP contribution in [-0.4, -0.2) is 64.8 Å². The van der Waals surface area contributed by atoms with Gasteiger partial charge in [0.05, 0.1) is 84.5 Å². The van der Waals surface area contributed by atoms with Crippen molar-refractivity contribution >= 4 is 24.1 Å². The molecule has 10 heteroatoms. The Morgan fingerprint density at radius 2 is 0.766 bits per heavy atom. The van der Waals surface area contributed by atoms with Crippen molar-refractivity contribution in [2.75, 3.05) is 52.9 Å². The molecule has 0 radical (unpaired) electrons. The lowest BCUT2D eigenvalue weighted by atomic mass is 9.76. The van der Waals surface area contributed by atoms with Gasteiger partial charge in [-0.1, -0.05) is 100 Å². The van der Waals surface area contributed by atoms with Crippen molar-refractivity contribution in [1.82, 2.24) is 0 Å². The molecule has 0 heterocycles. The van der Waals surface area contributed by atoms with Crippen molar-refractivity contribution in [3.8, 4) is 0 Å². The molecule has 6 atom stereocenters. The highest BCUT2D eigenvalue weighted by molar-refractivity contribution is 5.72. The van der Waals surface area contributed by atoms with Crippen molar-refractivity contribution in [1.29, 1.82) is 0 Å². The number of ether oxygens (including phenoxy) is 8. The van der Waals surface area contributed by atoms with Crippen molar-refractivity contribution < 1.29 is 47.5 Å². The number of hydrogen-bond acceptors (Lipinski definition) is 10. The van der Waals surface area contributed by atoms with Gasteiger partial charge in [0.1, 0.15) is 0 Å². The molecule has 6 saturated carbocycles. The first kappa shape index (κ1) is 61.2. The summed E-state index contributed by atoms with van der Waals surface area (Å²) in [6.45, 7) is 29.3. The average molecular weight is 1060 g/mol. The smallest absolute Gasteiger partial charge is 0.305 e. The number of fused-ring (bicyclic) bond motifs is 5. The van der Waals surface area contributed by atoms with Gasteiger partial charge in [-0.2, -0.15) is 0 Å². The molecular formula is C67H96O10. The van der Waals surface area contributed by atoms with Crippen molar-refractivity contribution in [2.24, 2.45) is 71.0 Å². The van der Waals surface area contributed by atoms with Crippen LogP contribution in [0.25, 0.3) is 12.2 Å². The third-order valence-electron chi connectivity index (χ3n) is 17.8. The van der Waals surface area contributed by atoms with E-state index in [0.29, 0.717) is 55.1 Å². The van der Waals surface area contributed by atoms with E-state index in [9.17, 15) is 9.59 Å². The Kier molecular flexibility index (Phi) is 27.6. The molecule has 0 saturated heterocycles. The Bertz CT molecular complexity index is 1970. The van der Waals surface area contributed by atoms with Crippen LogP contribution in [0.4, 0.5) is 0 Å². The Labute approximate surface area is 464 Å². The largest absolute Gasteiger partial charge is 0.502 e. The minimum absolute atomic E-state index is 0.218. The highest BCUT2D eigenvalue weighted by atomic mass is 16.5. The lowest BCUT2D eigenvalue weighted by Gasteiger charge is -2.31. The summed E-state index contributed by atoms with van der Waals surface area (Å²) in [5.74, 6) is 8.21. The molecule has 77 heavy (non-hydrogen) atoms. The van der Waals surface area contributed by atoms with Gasteiger partial charge in [-0.05, 0) is 202 Å². The molecule has 0 spiro atoms. The molecule has 10 nitrogen and oxygen atoms in total. The first-order valence-electron chi connectivity index (χ1n) is 29.5. The number of benzene rings is 2. The molecule has 0 aliphatic heterocycles. The van der Waals surface area contributed by atoms with Gasteiger partial charge in [-0.3, -0.25) is 9.59 Å². The number of esters is 2. The fourth-order valence-corrected chi connectivity index (χ4v) is 13.3. The Hall–Kier alpha value is -5.06. The highest BCUT2D eigenvalue weighted by Crippen LogP contribution is 2.62. The maximum atomic E-state index is 12.0. The van der Waals surface area contributed by atoms with Crippen LogP contribution < -0.4 is 0 Å². The van der Waals surface area contributed by atoms with Crippen LogP contribution in [0.5, 0.6) is 0 Å². The Morgan fingerprint density at radius 1 is 0.403 bits per heavy atom. The summed E-state index contributed by atoms with van der Waals surface area (Å²) in [6.07, 6.45) is 30.1. The Balaban J connectivity index is 0.000000201. The zero-order valence-electron chi connectivity index (χ0n) is 46.8. The van der Waals surface area contributed by atoms with Crippen molar-refractivity contribution in [3.63, 3.8) is 0 Å². The summed E-state index contributed by atoms with van der Waals surface area (Å²) < 4.78 is 44.1. The minimum atomic E-state index is -0.218. The third kappa shape index (κ3) is 21.6. The first-order valence-corrected chi connectivity index (χ1v) is 29.5. The maximum absolute atomic E-state index is 12.0. The van der Waals surface area contributed by atoms with Crippen LogP contribution in [-0.2, 0) is 60.7 Å². The molecule has 6 fully saturated rings. The van der Waals surface area contributed by atoms with Gasteiger partial charge in [0.2, 0.25) is 0 Å². The fraction of sp³-hybridized carbons (Fsp3) is 0.612. The second-order valence-electron chi connectivity index (χ2n) is 23.1. The van der Waals surface area contributed by atoms with Crippen LogP contribution >= 0.6 is 0 Å². The predicted molar refractivity (Wildman–Crippen MR) is 308 cm³/mol. The number of rotatable bonds is 30.